The quantitative estimate of drug-likeness (QED) is 0.385. The zero-order valence-electron chi connectivity index (χ0n) is 18.7. The van der Waals surface area contributed by atoms with Crippen LogP contribution in [-0.4, -0.2) is 36.2 Å². The van der Waals surface area contributed by atoms with Gasteiger partial charge in [0.15, 0.2) is 5.96 Å². The van der Waals surface area contributed by atoms with Crippen LogP contribution < -0.4 is 15.4 Å². The Labute approximate surface area is 185 Å². The summed E-state index contributed by atoms with van der Waals surface area (Å²) in [5.41, 5.74) is 2.64. The predicted octanol–water partition coefficient (Wildman–Crippen LogP) is 3.99. The average Bonchev–Trinajstić information content (AvgIpc) is 3.28. The Balaban J connectivity index is 1.43. The van der Waals surface area contributed by atoms with Gasteiger partial charge in [-0.1, -0.05) is 49.4 Å². The molecule has 0 bridgehead atoms. The van der Waals surface area contributed by atoms with Crippen molar-refractivity contribution in [3.8, 4) is 5.75 Å². The predicted molar refractivity (Wildman–Crippen MR) is 127 cm³/mol. The van der Waals surface area contributed by atoms with Gasteiger partial charge in [-0.05, 0) is 42.0 Å². The minimum absolute atomic E-state index is 0.452. The molecule has 3 aromatic rings. The number of imidazole rings is 1. The highest BCUT2D eigenvalue weighted by molar-refractivity contribution is 5.79. The van der Waals surface area contributed by atoms with Crippen molar-refractivity contribution >= 4 is 5.96 Å². The summed E-state index contributed by atoms with van der Waals surface area (Å²) < 4.78 is 7.43. The first-order chi connectivity index (χ1) is 15.2. The summed E-state index contributed by atoms with van der Waals surface area (Å²) in [6, 6.07) is 18.8. The Hall–Kier alpha value is -3.28. The second-order valence-electron chi connectivity index (χ2n) is 7.59. The van der Waals surface area contributed by atoms with E-state index in [0.717, 1.165) is 43.5 Å². The fourth-order valence-corrected chi connectivity index (χ4v) is 3.49. The number of hydrogen-bond donors (Lipinski definition) is 2. The molecule has 1 unspecified atom stereocenters. The van der Waals surface area contributed by atoms with Crippen LogP contribution in [0.4, 0.5) is 0 Å². The lowest BCUT2D eigenvalue weighted by Crippen LogP contribution is -2.38. The van der Waals surface area contributed by atoms with E-state index in [9.17, 15) is 0 Å². The fraction of sp³-hybridized carbons (Fsp3) is 0.360. The molecule has 2 aromatic carbocycles. The zero-order valence-corrected chi connectivity index (χ0v) is 18.7. The number of aryl methyl sites for hydroxylation is 2. The summed E-state index contributed by atoms with van der Waals surface area (Å²) in [4.78, 5) is 8.85. The molecule has 6 nitrogen and oxygen atoms in total. The zero-order chi connectivity index (χ0) is 21.9. The molecule has 0 aliphatic heterocycles. The van der Waals surface area contributed by atoms with Crippen LogP contribution in [0, 0.1) is 0 Å². The summed E-state index contributed by atoms with van der Waals surface area (Å²) in [5, 5.41) is 6.79. The molecule has 0 radical (unpaired) electrons. The molecule has 31 heavy (non-hydrogen) atoms. The van der Waals surface area contributed by atoms with E-state index >= 15 is 0 Å². The molecular formula is C25H33N5O. The maximum Gasteiger partial charge on any atom is 0.191 e. The highest BCUT2D eigenvalue weighted by Crippen LogP contribution is 2.21. The summed E-state index contributed by atoms with van der Waals surface area (Å²) in [7, 11) is 3.49. The van der Waals surface area contributed by atoms with Gasteiger partial charge in [-0.2, -0.15) is 0 Å². The van der Waals surface area contributed by atoms with Crippen LogP contribution in [0.3, 0.4) is 0 Å². The fourth-order valence-electron chi connectivity index (χ4n) is 3.49. The van der Waals surface area contributed by atoms with Gasteiger partial charge in [0.05, 0.1) is 13.7 Å². The largest absolute Gasteiger partial charge is 0.497 e. The van der Waals surface area contributed by atoms with Gasteiger partial charge in [0, 0.05) is 32.5 Å². The molecule has 1 heterocycles. The lowest BCUT2D eigenvalue weighted by Gasteiger charge is -2.16. The van der Waals surface area contributed by atoms with Crippen molar-refractivity contribution in [3.63, 3.8) is 0 Å². The third-order valence-electron chi connectivity index (χ3n) is 5.48. The molecule has 0 saturated carbocycles. The molecule has 0 amide bonds. The highest BCUT2D eigenvalue weighted by atomic mass is 16.5. The number of benzene rings is 2. The van der Waals surface area contributed by atoms with E-state index in [4.69, 9.17) is 4.74 Å². The minimum Gasteiger partial charge on any atom is -0.497 e. The van der Waals surface area contributed by atoms with Crippen molar-refractivity contribution in [2.45, 2.75) is 38.8 Å². The van der Waals surface area contributed by atoms with Crippen molar-refractivity contribution in [2.75, 3.05) is 20.7 Å². The average molecular weight is 420 g/mol. The van der Waals surface area contributed by atoms with E-state index < -0.39 is 0 Å². The van der Waals surface area contributed by atoms with Gasteiger partial charge in [-0.3, -0.25) is 4.99 Å². The summed E-state index contributed by atoms with van der Waals surface area (Å²) in [6.45, 7) is 4.63. The maximum absolute atomic E-state index is 5.24. The molecule has 0 aliphatic rings. The van der Waals surface area contributed by atoms with Crippen LogP contribution in [0.25, 0.3) is 0 Å². The Bertz CT molecular complexity index is 934. The molecule has 6 heteroatoms. The number of rotatable bonds is 10. The summed E-state index contributed by atoms with van der Waals surface area (Å²) >= 11 is 0. The van der Waals surface area contributed by atoms with Crippen molar-refractivity contribution in [3.05, 3.63) is 83.9 Å². The van der Waals surface area contributed by atoms with Crippen LogP contribution >= 0.6 is 0 Å². The molecule has 0 aliphatic carbocycles. The monoisotopic (exact) mass is 419 g/mol. The number of aromatic nitrogens is 2. The number of nitrogens with one attached hydrogen (secondary N) is 2. The van der Waals surface area contributed by atoms with Crippen LogP contribution in [0.15, 0.2) is 72.0 Å². The van der Waals surface area contributed by atoms with Gasteiger partial charge >= 0.3 is 0 Å². The molecule has 3 rings (SSSR count). The number of ether oxygens (including phenoxy) is 1. The van der Waals surface area contributed by atoms with Gasteiger partial charge in [0.25, 0.3) is 0 Å². The van der Waals surface area contributed by atoms with E-state index in [0.29, 0.717) is 12.5 Å². The molecule has 1 aromatic heterocycles. The van der Waals surface area contributed by atoms with Crippen molar-refractivity contribution in [2.24, 2.45) is 4.99 Å². The number of aliphatic imine (C=N–C) groups is 1. The first-order valence-corrected chi connectivity index (χ1v) is 10.8. The van der Waals surface area contributed by atoms with Crippen molar-refractivity contribution < 1.29 is 4.74 Å². The third-order valence-corrected chi connectivity index (χ3v) is 5.48. The highest BCUT2D eigenvalue weighted by Gasteiger charge is 2.08. The molecule has 0 saturated heterocycles. The molecular weight excluding hydrogens is 386 g/mol. The smallest absolute Gasteiger partial charge is 0.191 e. The van der Waals surface area contributed by atoms with Crippen LogP contribution in [0.1, 0.15) is 36.2 Å². The third kappa shape index (κ3) is 6.88. The van der Waals surface area contributed by atoms with E-state index in [-0.39, 0.29) is 0 Å². The minimum atomic E-state index is 0.452. The molecule has 1 atom stereocenters. The van der Waals surface area contributed by atoms with Crippen LogP contribution in [0.2, 0.25) is 0 Å². The Morgan fingerprint density at radius 2 is 1.87 bits per heavy atom. The second-order valence-corrected chi connectivity index (χ2v) is 7.59. The standard InChI is InChI=1S/C25H33N5O/c1-20(22-9-11-23(31-3)12-10-22)13-15-28-25(26-2)29-19-24-27-16-18-30(24)17-14-21-7-5-4-6-8-21/h4-12,16,18,20H,13-15,17,19H2,1-3H3,(H2,26,28,29). The van der Waals surface area contributed by atoms with Crippen LogP contribution in [-0.2, 0) is 19.5 Å². The van der Waals surface area contributed by atoms with Gasteiger partial charge in [0.2, 0.25) is 0 Å². The summed E-state index contributed by atoms with van der Waals surface area (Å²) in [6.07, 6.45) is 5.89. The second kappa shape index (κ2) is 11.8. The van der Waals surface area contributed by atoms with Crippen LogP contribution in [0.5, 0.6) is 5.75 Å². The van der Waals surface area contributed by atoms with Crippen molar-refractivity contribution in [1.29, 1.82) is 0 Å². The summed E-state index contributed by atoms with van der Waals surface area (Å²) in [5.74, 6) is 3.14. The molecule has 0 spiro atoms. The van der Waals surface area contributed by atoms with E-state index in [1.807, 2.05) is 30.6 Å². The van der Waals surface area contributed by atoms with E-state index in [1.54, 1.807) is 14.2 Å². The Morgan fingerprint density at radius 1 is 1.10 bits per heavy atom. The van der Waals surface area contributed by atoms with Gasteiger partial charge in [-0.25, -0.2) is 4.98 Å². The SMILES string of the molecule is CN=C(NCCC(C)c1ccc(OC)cc1)NCc1nccn1CCc1ccccc1. The maximum atomic E-state index is 5.24. The van der Waals surface area contributed by atoms with E-state index in [1.165, 1.54) is 11.1 Å². The first kappa shape index (κ1) is 22.4. The van der Waals surface area contributed by atoms with Gasteiger partial charge < -0.3 is 19.9 Å². The van der Waals surface area contributed by atoms with Gasteiger partial charge in [0.1, 0.15) is 11.6 Å². The lowest BCUT2D eigenvalue weighted by molar-refractivity contribution is 0.414. The number of hydrogen-bond acceptors (Lipinski definition) is 3. The normalized spacial score (nSPS) is 12.4. The topological polar surface area (TPSA) is 63.5 Å². The number of guanidine groups is 1. The number of nitrogens with zero attached hydrogens (tertiary/aromatic N) is 3. The van der Waals surface area contributed by atoms with Crippen molar-refractivity contribution in [1.82, 2.24) is 20.2 Å². The van der Waals surface area contributed by atoms with E-state index in [2.05, 4.69) is 68.5 Å². The molecule has 164 valence electrons. The van der Waals surface area contributed by atoms with Gasteiger partial charge in [-0.15, -0.1) is 0 Å². The Morgan fingerprint density at radius 3 is 2.58 bits per heavy atom. The molecule has 2 N–H and O–H groups in total. The number of methoxy groups -OCH3 is 1. The lowest BCUT2D eigenvalue weighted by atomic mass is 9.98. The molecule has 0 fully saturated rings. The first-order valence-electron chi connectivity index (χ1n) is 10.8. The Kier molecular flexibility index (Phi) is 8.52.